The number of piperidine rings is 1. The van der Waals surface area contributed by atoms with Crippen LogP contribution in [0.4, 0.5) is 5.82 Å². The van der Waals surface area contributed by atoms with Gasteiger partial charge in [0.1, 0.15) is 0 Å². The van der Waals surface area contributed by atoms with Crippen molar-refractivity contribution in [3.8, 4) is 0 Å². The molecule has 1 amide bonds. The van der Waals surface area contributed by atoms with Crippen LogP contribution in [0.3, 0.4) is 0 Å². The maximum atomic E-state index is 12.5. The first-order chi connectivity index (χ1) is 12.1. The molecule has 0 bridgehead atoms. The van der Waals surface area contributed by atoms with E-state index in [1.165, 1.54) is 0 Å². The lowest BCUT2D eigenvalue weighted by Gasteiger charge is -2.36. The van der Waals surface area contributed by atoms with Crippen LogP contribution in [0.5, 0.6) is 0 Å². The average Bonchev–Trinajstić information content (AvgIpc) is 2.63. The lowest BCUT2D eigenvalue weighted by atomic mass is 9.99. The Morgan fingerprint density at radius 1 is 1.36 bits per heavy atom. The lowest BCUT2D eigenvalue weighted by molar-refractivity contribution is -0.135. The predicted octanol–water partition coefficient (Wildman–Crippen LogP) is 0.872. The fourth-order valence-corrected chi connectivity index (χ4v) is 3.48. The molecule has 1 aromatic rings. The van der Waals surface area contributed by atoms with E-state index in [2.05, 4.69) is 26.9 Å². The molecule has 2 saturated heterocycles. The Labute approximate surface area is 149 Å². The molecule has 0 N–H and O–H groups in total. The number of rotatable bonds is 5. The highest BCUT2D eigenvalue weighted by atomic mass is 16.5. The van der Waals surface area contributed by atoms with Gasteiger partial charge in [0.05, 0.1) is 19.3 Å². The first-order valence-electron chi connectivity index (χ1n) is 9.22. The van der Waals surface area contributed by atoms with Gasteiger partial charge in [0.25, 0.3) is 0 Å². The number of ether oxygens (including phenoxy) is 1. The zero-order chi connectivity index (χ0) is 17.6. The molecule has 0 unspecified atom stereocenters. The summed E-state index contributed by atoms with van der Waals surface area (Å²) in [6.07, 6.45) is 4.00. The SMILES string of the molecule is CC1CCN(C(=O)CN2CCO[C@H](CN(C)c3cccnn3)C2)CC1. The first-order valence-corrected chi connectivity index (χ1v) is 9.22. The quantitative estimate of drug-likeness (QED) is 0.788. The second kappa shape index (κ2) is 8.58. The molecule has 138 valence electrons. The Balaban J connectivity index is 1.47. The van der Waals surface area contributed by atoms with Gasteiger partial charge in [-0.2, -0.15) is 5.10 Å². The number of likely N-dealkylation sites (tertiary alicyclic amines) is 1. The number of likely N-dealkylation sites (N-methyl/N-ethyl adjacent to an activating group) is 1. The minimum atomic E-state index is 0.0786. The highest BCUT2D eigenvalue weighted by Crippen LogP contribution is 2.17. The van der Waals surface area contributed by atoms with Crippen LogP contribution in [0.25, 0.3) is 0 Å². The zero-order valence-corrected chi connectivity index (χ0v) is 15.3. The Bertz CT molecular complexity index is 548. The molecule has 2 aliphatic rings. The highest BCUT2D eigenvalue weighted by molar-refractivity contribution is 5.78. The maximum absolute atomic E-state index is 12.5. The number of carbonyl (C=O) groups excluding carboxylic acids is 1. The summed E-state index contributed by atoms with van der Waals surface area (Å²) in [5.41, 5.74) is 0. The van der Waals surface area contributed by atoms with E-state index in [4.69, 9.17) is 4.74 Å². The van der Waals surface area contributed by atoms with E-state index in [0.717, 1.165) is 57.3 Å². The van der Waals surface area contributed by atoms with Crippen LogP contribution in [-0.2, 0) is 9.53 Å². The number of hydrogen-bond acceptors (Lipinski definition) is 6. The van der Waals surface area contributed by atoms with E-state index in [0.29, 0.717) is 13.2 Å². The van der Waals surface area contributed by atoms with Crippen molar-refractivity contribution >= 4 is 11.7 Å². The molecule has 3 heterocycles. The molecule has 0 aliphatic carbocycles. The van der Waals surface area contributed by atoms with Crippen molar-refractivity contribution in [3.63, 3.8) is 0 Å². The highest BCUT2D eigenvalue weighted by Gasteiger charge is 2.26. The Hall–Kier alpha value is -1.73. The van der Waals surface area contributed by atoms with Crippen molar-refractivity contribution in [1.82, 2.24) is 20.0 Å². The molecule has 1 atom stereocenters. The average molecular weight is 347 g/mol. The number of amides is 1. The molecule has 1 aromatic heterocycles. The number of carbonyl (C=O) groups is 1. The molecule has 7 heteroatoms. The third-order valence-electron chi connectivity index (χ3n) is 5.14. The van der Waals surface area contributed by atoms with Crippen LogP contribution in [0, 0.1) is 5.92 Å². The summed E-state index contributed by atoms with van der Waals surface area (Å²) in [7, 11) is 1.99. The van der Waals surface area contributed by atoms with E-state index in [1.54, 1.807) is 6.20 Å². The van der Waals surface area contributed by atoms with Crippen molar-refractivity contribution < 1.29 is 9.53 Å². The fourth-order valence-electron chi connectivity index (χ4n) is 3.48. The molecular weight excluding hydrogens is 318 g/mol. The minimum absolute atomic E-state index is 0.0786. The number of hydrogen-bond donors (Lipinski definition) is 0. The third-order valence-corrected chi connectivity index (χ3v) is 5.14. The van der Waals surface area contributed by atoms with Gasteiger partial charge in [-0.05, 0) is 30.9 Å². The van der Waals surface area contributed by atoms with E-state index in [1.807, 2.05) is 24.1 Å². The van der Waals surface area contributed by atoms with Gasteiger partial charge in [-0.15, -0.1) is 5.10 Å². The van der Waals surface area contributed by atoms with E-state index in [-0.39, 0.29) is 12.0 Å². The summed E-state index contributed by atoms with van der Waals surface area (Å²) < 4.78 is 5.89. The monoisotopic (exact) mass is 347 g/mol. The van der Waals surface area contributed by atoms with Gasteiger partial charge in [-0.25, -0.2) is 0 Å². The summed E-state index contributed by atoms with van der Waals surface area (Å²) in [6, 6.07) is 3.82. The zero-order valence-electron chi connectivity index (χ0n) is 15.3. The summed E-state index contributed by atoms with van der Waals surface area (Å²) in [5.74, 6) is 1.84. The van der Waals surface area contributed by atoms with Crippen LogP contribution in [0.1, 0.15) is 19.8 Å². The largest absolute Gasteiger partial charge is 0.374 e. The van der Waals surface area contributed by atoms with Crippen molar-refractivity contribution in [3.05, 3.63) is 18.3 Å². The smallest absolute Gasteiger partial charge is 0.236 e. The fraction of sp³-hybridized carbons (Fsp3) is 0.722. The molecule has 25 heavy (non-hydrogen) atoms. The predicted molar refractivity (Wildman–Crippen MR) is 96.5 cm³/mol. The molecule has 7 nitrogen and oxygen atoms in total. The van der Waals surface area contributed by atoms with Crippen LogP contribution < -0.4 is 4.90 Å². The van der Waals surface area contributed by atoms with Gasteiger partial charge in [0, 0.05) is 46.0 Å². The normalized spacial score (nSPS) is 22.8. The lowest BCUT2D eigenvalue weighted by Crippen LogP contribution is -2.51. The Morgan fingerprint density at radius 3 is 2.88 bits per heavy atom. The molecular formula is C18H29N5O2. The third kappa shape index (κ3) is 5.12. The molecule has 0 saturated carbocycles. The summed E-state index contributed by atoms with van der Waals surface area (Å²) in [5, 5.41) is 8.04. The number of aromatic nitrogens is 2. The van der Waals surface area contributed by atoms with Gasteiger partial charge in [-0.3, -0.25) is 9.69 Å². The van der Waals surface area contributed by atoms with Crippen molar-refractivity contribution in [1.29, 1.82) is 0 Å². The maximum Gasteiger partial charge on any atom is 0.236 e. The van der Waals surface area contributed by atoms with Crippen LogP contribution >= 0.6 is 0 Å². The standard InChI is InChI=1S/C18H29N5O2/c1-15-5-8-23(9-6-15)18(24)14-22-10-11-25-16(13-22)12-21(2)17-4-3-7-19-20-17/h3-4,7,15-16H,5-6,8-14H2,1-2H3/t16-/m1/s1. The van der Waals surface area contributed by atoms with Crippen LogP contribution in [-0.4, -0.2) is 84.9 Å². The molecule has 2 aliphatic heterocycles. The van der Waals surface area contributed by atoms with Crippen molar-refractivity contribution in [2.45, 2.75) is 25.9 Å². The second-order valence-corrected chi connectivity index (χ2v) is 7.25. The van der Waals surface area contributed by atoms with Gasteiger partial charge in [0.2, 0.25) is 5.91 Å². The van der Waals surface area contributed by atoms with Gasteiger partial charge < -0.3 is 14.5 Å². The van der Waals surface area contributed by atoms with Crippen molar-refractivity contribution in [2.24, 2.45) is 5.92 Å². The van der Waals surface area contributed by atoms with Crippen LogP contribution in [0.15, 0.2) is 18.3 Å². The molecule has 0 aromatic carbocycles. The summed E-state index contributed by atoms with van der Waals surface area (Å²) in [6.45, 7) is 7.59. The van der Waals surface area contributed by atoms with Gasteiger partial charge in [-0.1, -0.05) is 6.92 Å². The minimum Gasteiger partial charge on any atom is -0.374 e. The number of morpholine rings is 1. The number of nitrogens with zero attached hydrogens (tertiary/aromatic N) is 5. The Morgan fingerprint density at radius 2 is 2.16 bits per heavy atom. The molecule has 0 spiro atoms. The Kier molecular flexibility index (Phi) is 6.20. The second-order valence-electron chi connectivity index (χ2n) is 7.25. The summed E-state index contributed by atoms with van der Waals surface area (Å²) in [4.78, 5) is 18.8. The molecule has 3 rings (SSSR count). The molecule has 0 radical (unpaired) electrons. The number of anilines is 1. The van der Waals surface area contributed by atoms with Crippen LogP contribution in [0.2, 0.25) is 0 Å². The van der Waals surface area contributed by atoms with E-state index >= 15 is 0 Å². The van der Waals surface area contributed by atoms with Gasteiger partial charge in [0.15, 0.2) is 5.82 Å². The topological polar surface area (TPSA) is 61.8 Å². The van der Waals surface area contributed by atoms with E-state index in [9.17, 15) is 4.79 Å². The van der Waals surface area contributed by atoms with Crippen molar-refractivity contribution in [2.75, 3.05) is 57.8 Å². The van der Waals surface area contributed by atoms with E-state index < -0.39 is 0 Å². The first kappa shape index (κ1) is 18.1. The summed E-state index contributed by atoms with van der Waals surface area (Å²) >= 11 is 0. The van der Waals surface area contributed by atoms with Gasteiger partial charge >= 0.3 is 0 Å². The molecule has 2 fully saturated rings.